The van der Waals surface area contributed by atoms with Crippen LogP contribution >= 0.6 is 0 Å². The van der Waals surface area contributed by atoms with Crippen LogP contribution in [-0.2, 0) is 4.79 Å². The molecular weight excluding hydrogens is 322 g/mol. The molecule has 2 atom stereocenters. The number of nitrogens with zero attached hydrogens (tertiary/aromatic N) is 1. The number of benzene rings is 1. The van der Waals surface area contributed by atoms with E-state index in [4.69, 9.17) is 14.0 Å². The lowest BCUT2D eigenvalue weighted by Gasteiger charge is -2.20. The van der Waals surface area contributed by atoms with Crippen molar-refractivity contribution in [2.45, 2.75) is 39.8 Å². The summed E-state index contributed by atoms with van der Waals surface area (Å²) >= 11 is 0. The quantitative estimate of drug-likeness (QED) is 0.763. The molecule has 7 nitrogen and oxygen atoms in total. The van der Waals surface area contributed by atoms with Gasteiger partial charge in [0.2, 0.25) is 11.8 Å². The molecule has 0 aliphatic carbocycles. The van der Waals surface area contributed by atoms with Crippen molar-refractivity contribution in [2.24, 2.45) is 0 Å². The normalized spacial score (nSPS) is 13.2. The highest BCUT2D eigenvalue weighted by Gasteiger charge is 2.18. The molecule has 0 spiro atoms. The molecule has 1 amide bonds. The van der Waals surface area contributed by atoms with E-state index in [0.29, 0.717) is 29.7 Å². The molecule has 1 aromatic heterocycles. The molecule has 25 heavy (non-hydrogen) atoms. The van der Waals surface area contributed by atoms with Gasteiger partial charge in [0.15, 0.2) is 11.5 Å². The molecule has 0 aliphatic rings. The third-order valence-electron chi connectivity index (χ3n) is 3.76. The van der Waals surface area contributed by atoms with Crippen molar-refractivity contribution in [3.05, 3.63) is 35.5 Å². The largest absolute Gasteiger partial charge is 0.493 e. The van der Waals surface area contributed by atoms with Crippen LogP contribution in [0.5, 0.6) is 11.5 Å². The molecule has 2 rings (SSSR count). The zero-order chi connectivity index (χ0) is 18.4. The van der Waals surface area contributed by atoms with Crippen LogP contribution < -0.4 is 20.1 Å². The van der Waals surface area contributed by atoms with Crippen molar-refractivity contribution in [1.29, 1.82) is 0 Å². The summed E-state index contributed by atoms with van der Waals surface area (Å²) in [5, 5.41) is 9.69. The van der Waals surface area contributed by atoms with E-state index in [1.165, 1.54) is 0 Å². The molecule has 0 radical (unpaired) electrons. The number of carbonyl (C=O) groups excluding carboxylic acids is 1. The number of anilines is 1. The maximum absolute atomic E-state index is 12.2. The third kappa shape index (κ3) is 4.96. The number of aryl methyl sites for hydroxylation is 1. The number of hydrogen-bond acceptors (Lipinski definition) is 6. The highest BCUT2D eigenvalue weighted by Crippen LogP contribution is 2.30. The van der Waals surface area contributed by atoms with Crippen molar-refractivity contribution >= 4 is 11.8 Å². The fourth-order valence-electron chi connectivity index (χ4n) is 2.43. The highest BCUT2D eigenvalue weighted by atomic mass is 16.5. The first kappa shape index (κ1) is 18.8. The second kappa shape index (κ2) is 8.53. The van der Waals surface area contributed by atoms with Crippen molar-refractivity contribution in [3.8, 4) is 11.5 Å². The Kier molecular flexibility index (Phi) is 6.41. The van der Waals surface area contributed by atoms with Gasteiger partial charge < -0.3 is 14.0 Å². The van der Waals surface area contributed by atoms with Gasteiger partial charge in [0.1, 0.15) is 0 Å². The number of ether oxygens (including phenoxy) is 2. The molecule has 0 aliphatic heterocycles. The standard InChI is InChI=1S/C18H25N3O4/c1-6-24-15-8-7-14(10-16(15)23-5)12(3)19-13(4)18(22)20-17-9-11(2)21-25-17/h7-10,12-13,19H,6H2,1-5H3,(H,20,22)/t12-,13+/m1/s1. The van der Waals surface area contributed by atoms with Gasteiger partial charge in [-0.25, -0.2) is 0 Å². The van der Waals surface area contributed by atoms with Crippen LogP contribution in [0.1, 0.15) is 38.1 Å². The minimum Gasteiger partial charge on any atom is -0.493 e. The Morgan fingerprint density at radius 1 is 1.28 bits per heavy atom. The molecule has 0 fully saturated rings. The first-order valence-corrected chi connectivity index (χ1v) is 8.25. The van der Waals surface area contributed by atoms with E-state index < -0.39 is 6.04 Å². The highest BCUT2D eigenvalue weighted by molar-refractivity contribution is 5.93. The van der Waals surface area contributed by atoms with Crippen LogP contribution in [0.3, 0.4) is 0 Å². The fourth-order valence-corrected chi connectivity index (χ4v) is 2.43. The Bertz CT molecular complexity index is 714. The average Bonchev–Trinajstić information content (AvgIpc) is 3.00. The summed E-state index contributed by atoms with van der Waals surface area (Å²) < 4.78 is 15.9. The molecule has 7 heteroatoms. The molecule has 1 aromatic carbocycles. The van der Waals surface area contributed by atoms with Crippen LogP contribution in [0.15, 0.2) is 28.8 Å². The lowest BCUT2D eigenvalue weighted by atomic mass is 10.1. The Morgan fingerprint density at radius 3 is 2.64 bits per heavy atom. The van der Waals surface area contributed by atoms with E-state index in [9.17, 15) is 4.79 Å². The van der Waals surface area contributed by atoms with Gasteiger partial charge in [0.05, 0.1) is 25.5 Å². The van der Waals surface area contributed by atoms with Gasteiger partial charge in [0, 0.05) is 12.1 Å². The van der Waals surface area contributed by atoms with Crippen LogP contribution in [-0.4, -0.2) is 30.8 Å². The monoisotopic (exact) mass is 347 g/mol. The molecule has 1 heterocycles. The predicted molar refractivity (Wildman–Crippen MR) is 95.0 cm³/mol. The fraction of sp³-hybridized carbons (Fsp3) is 0.444. The predicted octanol–water partition coefficient (Wildman–Crippen LogP) is 3.07. The van der Waals surface area contributed by atoms with Gasteiger partial charge in [-0.2, -0.15) is 0 Å². The molecule has 2 N–H and O–H groups in total. The van der Waals surface area contributed by atoms with E-state index >= 15 is 0 Å². The van der Waals surface area contributed by atoms with Gasteiger partial charge in [-0.15, -0.1) is 0 Å². The van der Waals surface area contributed by atoms with Crippen molar-refractivity contribution in [3.63, 3.8) is 0 Å². The van der Waals surface area contributed by atoms with Crippen LogP contribution in [0.25, 0.3) is 0 Å². The Labute approximate surface area is 147 Å². The second-order valence-electron chi connectivity index (χ2n) is 5.78. The van der Waals surface area contributed by atoms with Crippen LogP contribution in [0, 0.1) is 6.92 Å². The third-order valence-corrected chi connectivity index (χ3v) is 3.76. The number of nitrogens with one attached hydrogen (secondary N) is 2. The minimum atomic E-state index is -0.419. The maximum atomic E-state index is 12.2. The van der Waals surface area contributed by atoms with E-state index in [0.717, 1.165) is 5.56 Å². The van der Waals surface area contributed by atoms with E-state index in [-0.39, 0.29) is 11.9 Å². The Morgan fingerprint density at radius 2 is 2.04 bits per heavy atom. The number of amides is 1. The number of carbonyl (C=O) groups is 1. The van der Waals surface area contributed by atoms with Gasteiger partial charge in [-0.1, -0.05) is 11.2 Å². The van der Waals surface area contributed by atoms with Gasteiger partial charge >= 0.3 is 0 Å². The number of methoxy groups -OCH3 is 1. The van der Waals surface area contributed by atoms with Crippen molar-refractivity contribution < 1.29 is 18.8 Å². The smallest absolute Gasteiger partial charge is 0.243 e. The molecule has 0 saturated heterocycles. The summed E-state index contributed by atoms with van der Waals surface area (Å²) in [6.07, 6.45) is 0. The van der Waals surface area contributed by atoms with Crippen LogP contribution in [0.2, 0.25) is 0 Å². The first-order chi connectivity index (χ1) is 11.9. The molecule has 0 bridgehead atoms. The van der Waals surface area contributed by atoms with Crippen LogP contribution in [0.4, 0.5) is 5.88 Å². The summed E-state index contributed by atoms with van der Waals surface area (Å²) in [4.78, 5) is 12.2. The summed E-state index contributed by atoms with van der Waals surface area (Å²) in [7, 11) is 1.61. The molecule has 0 saturated carbocycles. The van der Waals surface area contributed by atoms with E-state index in [1.807, 2.05) is 32.0 Å². The maximum Gasteiger partial charge on any atom is 0.243 e. The first-order valence-electron chi connectivity index (χ1n) is 8.25. The number of hydrogen-bond donors (Lipinski definition) is 2. The van der Waals surface area contributed by atoms with Gasteiger partial charge in [-0.3, -0.25) is 15.4 Å². The van der Waals surface area contributed by atoms with E-state index in [1.54, 1.807) is 27.0 Å². The topological polar surface area (TPSA) is 85.6 Å². The second-order valence-corrected chi connectivity index (χ2v) is 5.78. The molecule has 2 aromatic rings. The molecule has 0 unspecified atom stereocenters. The van der Waals surface area contributed by atoms with Crippen molar-refractivity contribution in [1.82, 2.24) is 10.5 Å². The summed E-state index contributed by atoms with van der Waals surface area (Å²) in [6.45, 7) is 8.07. The van der Waals surface area contributed by atoms with E-state index in [2.05, 4.69) is 15.8 Å². The zero-order valence-corrected chi connectivity index (χ0v) is 15.3. The summed E-state index contributed by atoms with van der Waals surface area (Å²) in [5.41, 5.74) is 1.71. The molecule has 136 valence electrons. The Balaban J connectivity index is 2.00. The van der Waals surface area contributed by atoms with Crippen molar-refractivity contribution in [2.75, 3.05) is 19.0 Å². The lowest BCUT2D eigenvalue weighted by molar-refractivity contribution is -0.118. The summed E-state index contributed by atoms with van der Waals surface area (Å²) in [5.74, 6) is 1.52. The van der Waals surface area contributed by atoms with Gasteiger partial charge in [-0.05, 0) is 45.4 Å². The minimum absolute atomic E-state index is 0.0539. The molecular formula is C18H25N3O4. The number of aromatic nitrogens is 1. The average molecular weight is 347 g/mol. The summed E-state index contributed by atoms with van der Waals surface area (Å²) in [6, 6.07) is 6.94. The van der Waals surface area contributed by atoms with Gasteiger partial charge in [0.25, 0.3) is 0 Å². The lowest BCUT2D eigenvalue weighted by Crippen LogP contribution is -2.39. The zero-order valence-electron chi connectivity index (χ0n) is 15.3. The SMILES string of the molecule is CCOc1ccc([C@@H](C)N[C@@H](C)C(=O)Nc2cc(C)no2)cc1OC. The number of rotatable bonds is 8. The Hall–Kier alpha value is -2.54.